The standard InChI is InChI=1S/C17H17NOS/c1-13-7-9-14(10-8-13)11-15(12-18)20-17-6-4-3-5-16(17)19-2/h3-10,15H,11H2,1-2H3. The van der Waals surface area contributed by atoms with Crippen molar-refractivity contribution in [3.63, 3.8) is 0 Å². The molecule has 2 nitrogen and oxygen atoms in total. The van der Waals surface area contributed by atoms with Gasteiger partial charge in [-0.1, -0.05) is 42.0 Å². The van der Waals surface area contributed by atoms with Crippen LogP contribution in [0.3, 0.4) is 0 Å². The lowest BCUT2D eigenvalue weighted by Crippen LogP contribution is -2.04. The number of thioether (sulfide) groups is 1. The zero-order valence-electron chi connectivity index (χ0n) is 11.7. The van der Waals surface area contributed by atoms with Gasteiger partial charge in [0.1, 0.15) is 11.0 Å². The van der Waals surface area contributed by atoms with Gasteiger partial charge in [-0.05, 0) is 31.0 Å². The molecule has 0 heterocycles. The second-order valence-electron chi connectivity index (χ2n) is 4.58. The highest BCUT2D eigenvalue weighted by Crippen LogP contribution is 2.33. The largest absolute Gasteiger partial charge is 0.496 e. The van der Waals surface area contributed by atoms with Gasteiger partial charge >= 0.3 is 0 Å². The number of benzene rings is 2. The quantitative estimate of drug-likeness (QED) is 0.770. The van der Waals surface area contributed by atoms with Gasteiger partial charge in [0.2, 0.25) is 0 Å². The molecule has 1 unspecified atom stereocenters. The third-order valence-corrected chi connectivity index (χ3v) is 4.17. The van der Waals surface area contributed by atoms with Crippen molar-refractivity contribution in [2.45, 2.75) is 23.5 Å². The summed E-state index contributed by atoms with van der Waals surface area (Å²) in [5.74, 6) is 0.821. The van der Waals surface area contributed by atoms with Crippen LogP contribution in [0.5, 0.6) is 5.75 Å². The van der Waals surface area contributed by atoms with E-state index in [2.05, 4.69) is 37.3 Å². The minimum Gasteiger partial charge on any atom is -0.496 e. The van der Waals surface area contributed by atoms with Crippen molar-refractivity contribution < 1.29 is 4.74 Å². The molecular formula is C17H17NOS. The number of aryl methyl sites for hydroxylation is 1. The minimum absolute atomic E-state index is 0.117. The Balaban J connectivity index is 2.09. The molecule has 0 fully saturated rings. The fourth-order valence-electron chi connectivity index (χ4n) is 1.92. The number of rotatable bonds is 5. The molecule has 1 atom stereocenters. The first-order chi connectivity index (χ1) is 9.72. The third kappa shape index (κ3) is 3.79. The van der Waals surface area contributed by atoms with Gasteiger partial charge in [-0.15, -0.1) is 11.8 Å². The summed E-state index contributed by atoms with van der Waals surface area (Å²) < 4.78 is 5.33. The van der Waals surface area contributed by atoms with Crippen LogP contribution in [0.25, 0.3) is 0 Å². The highest BCUT2D eigenvalue weighted by atomic mass is 32.2. The molecule has 0 aromatic heterocycles. The summed E-state index contributed by atoms with van der Waals surface area (Å²) in [4.78, 5) is 1.01. The lowest BCUT2D eigenvalue weighted by atomic mass is 10.1. The summed E-state index contributed by atoms with van der Waals surface area (Å²) in [7, 11) is 1.65. The Hall–Kier alpha value is -1.92. The molecule has 3 heteroatoms. The Bertz CT molecular complexity index is 601. The van der Waals surface area contributed by atoms with Crippen molar-refractivity contribution in [1.29, 1.82) is 5.26 Å². The van der Waals surface area contributed by atoms with Crippen molar-refractivity contribution in [3.8, 4) is 11.8 Å². The summed E-state index contributed by atoms with van der Waals surface area (Å²) in [5.41, 5.74) is 2.42. The van der Waals surface area contributed by atoms with Crippen molar-refractivity contribution in [2.75, 3.05) is 7.11 Å². The predicted octanol–water partition coefficient (Wildman–Crippen LogP) is 4.23. The van der Waals surface area contributed by atoms with Crippen LogP contribution < -0.4 is 4.74 Å². The lowest BCUT2D eigenvalue weighted by Gasteiger charge is -2.12. The van der Waals surface area contributed by atoms with E-state index in [0.717, 1.165) is 17.1 Å². The number of hydrogen-bond acceptors (Lipinski definition) is 3. The van der Waals surface area contributed by atoms with Crippen LogP contribution >= 0.6 is 11.8 Å². The number of hydrogen-bond donors (Lipinski definition) is 0. The van der Waals surface area contributed by atoms with Crippen LogP contribution in [0.15, 0.2) is 53.4 Å². The number of ether oxygens (including phenoxy) is 1. The molecule has 102 valence electrons. The summed E-state index contributed by atoms with van der Waals surface area (Å²) in [6.45, 7) is 2.06. The molecule has 20 heavy (non-hydrogen) atoms. The fraction of sp³-hybridized carbons (Fsp3) is 0.235. The van der Waals surface area contributed by atoms with Crippen molar-refractivity contribution in [2.24, 2.45) is 0 Å². The van der Waals surface area contributed by atoms with Crippen LogP contribution in [0.4, 0.5) is 0 Å². The number of para-hydroxylation sites is 1. The molecule has 0 saturated heterocycles. The Kier molecular flexibility index (Phi) is 5.09. The predicted molar refractivity (Wildman–Crippen MR) is 83.1 cm³/mol. The van der Waals surface area contributed by atoms with E-state index >= 15 is 0 Å². The fourth-order valence-corrected chi connectivity index (χ4v) is 2.98. The minimum atomic E-state index is -0.117. The van der Waals surface area contributed by atoms with E-state index in [1.807, 2.05) is 24.3 Å². The normalized spacial score (nSPS) is 11.7. The molecule has 0 bridgehead atoms. The number of nitrogens with zero attached hydrogens (tertiary/aromatic N) is 1. The second-order valence-corrected chi connectivity index (χ2v) is 5.82. The molecule has 0 aliphatic heterocycles. The maximum absolute atomic E-state index is 9.36. The number of nitriles is 1. The molecular weight excluding hydrogens is 266 g/mol. The van der Waals surface area contributed by atoms with Gasteiger partial charge < -0.3 is 4.74 Å². The second kappa shape index (κ2) is 7.02. The molecule has 0 spiro atoms. The topological polar surface area (TPSA) is 33.0 Å². The van der Waals surface area contributed by atoms with Gasteiger partial charge in [-0.3, -0.25) is 0 Å². The molecule has 0 N–H and O–H groups in total. The molecule has 0 aliphatic rings. The summed E-state index contributed by atoms with van der Waals surface area (Å²) in [6.07, 6.45) is 0.736. The van der Waals surface area contributed by atoms with Gasteiger partial charge in [0, 0.05) is 0 Å². The van der Waals surface area contributed by atoms with E-state index in [1.54, 1.807) is 18.9 Å². The molecule has 2 rings (SSSR count). The average Bonchev–Trinajstić information content (AvgIpc) is 2.49. The van der Waals surface area contributed by atoms with Crippen molar-refractivity contribution in [3.05, 3.63) is 59.7 Å². The van der Waals surface area contributed by atoms with Crippen molar-refractivity contribution in [1.82, 2.24) is 0 Å². The highest BCUT2D eigenvalue weighted by molar-refractivity contribution is 8.00. The van der Waals surface area contributed by atoms with Crippen LogP contribution in [0.1, 0.15) is 11.1 Å². The zero-order chi connectivity index (χ0) is 14.4. The maximum Gasteiger partial charge on any atom is 0.132 e. The Labute approximate surface area is 124 Å². The van der Waals surface area contributed by atoms with Gasteiger partial charge in [0.05, 0.1) is 18.1 Å². The first kappa shape index (κ1) is 14.5. The van der Waals surface area contributed by atoms with Crippen LogP contribution in [0.2, 0.25) is 0 Å². The van der Waals surface area contributed by atoms with E-state index in [4.69, 9.17) is 4.74 Å². The Morgan fingerprint density at radius 1 is 1.15 bits per heavy atom. The monoisotopic (exact) mass is 283 g/mol. The van der Waals surface area contributed by atoms with E-state index in [0.29, 0.717) is 0 Å². The van der Waals surface area contributed by atoms with Gasteiger partial charge in [-0.2, -0.15) is 5.26 Å². The van der Waals surface area contributed by atoms with Gasteiger partial charge in [0.25, 0.3) is 0 Å². The molecule has 0 amide bonds. The van der Waals surface area contributed by atoms with Crippen LogP contribution in [0, 0.1) is 18.3 Å². The maximum atomic E-state index is 9.36. The zero-order valence-corrected chi connectivity index (χ0v) is 12.5. The average molecular weight is 283 g/mol. The van der Waals surface area contributed by atoms with Crippen LogP contribution in [-0.4, -0.2) is 12.4 Å². The van der Waals surface area contributed by atoms with Crippen LogP contribution in [-0.2, 0) is 6.42 Å². The van der Waals surface area contributed by atoms with E-state index < -0.39 is 0 Å². The summed E-state index contributed by atoms with van der Waals surface area (Å²) >= 11 is 1.55. The molecule has 2 aromatic carbocycles. The Morgan fingerprint density at radius 2 is 1.85 bits per heavy atom. The molecule has 0 saturated carbocycles. The van der Waals surface area contributed by atoms with E-state index in [-0.39, 0.29) is 5.25 Å². The van der Waals surface area contributed by atoms with Gasteiger partial charge in [-0.25, -0.2) is 0 Å². The molecule has 2 aromatic rings. The molecule has 0 radical (unpaired) electrons. The highest BCUT2D eigenvalue weighted by Gasteiger charge is 2.13. The first-order valence-electron chi connectivity index (χ1n) is 6.47. The van der Waals surface area contributed by atoms with E-state index in [1.165, 1.54) is 11.1 Å². The van der Waals surface area contributed by atoms with E-state index in [9.17, 15) is 5.26 Å². The molecule has 0 aliphatic carbocycles. The Morgan fingerprint density at radius 3 is 2.50 bits per heavy atom. The summed E-state index contributed by atoms with van der Waals surface area (Å²) in [6, 6.07) is 18.5. The SMILES string of the molecule is COc1ccccc1SC(C#N)Cc1ccc(C)cc1. The smallest absolute Gasteiger partial charge is 0.132 e. The first-order valence-corrected chi connectivity index (χ1v) is 7.35. The van der Waals surface area contributed by atoms with Crippen molar-refractivity contribution >= 4 is 11.8 Å². The lowest BCUT2D eigenvalue weighted by molar-refractivity contribution is 0.405. The third-order valence-electron chi connectivity index (χ3n) is 3.02. The van der Waals surface area contributed by atoms with Gasteiger partial charge in [0.15, 0.2) is 0 Å². The number of methoxy groups -OCH3 is 1. The summed E-state index contributed by atoms with van der Waals surface area (Å²) in [5, 5.41) is 9.24.